The van der Waals surface area contributed by atoms with Crippen LogP contribution in [-0.4, -0.2) is 35.2 Å². The Balaban J connectivity index is 1.82. The smallest absolute Gasteiger partial charge is 0.257 e. The van der Waals surface area contributed by atoms with Gasteiger partial charge in [0.25, 0.3) is 5.91 Å². The fraction of sp³-hybridized carbons (Fsp3) is 0.250. The summed E-state index contributed by atoms with van der Waals surface area (Å²) in [5.41, 5.74) is 3.53. The summed E-state index contributed by atoms with van der Waals surface area (Å²) in [4.78, 5) is 17.9. The van der Waals surface area contributed by atoms with E-state index in [2.05, 4.69) is 15.2 Å². The second-order valence-electron chi connectivity index (χ2n) is 6.92. The molecule has 0 atom stereocenters. The lowest BCUT2D eigenvalue weighted by Gasteiger charge is -2.33. The summed E-state index contributed by atoms with van der Waals surface area (Å²) in [6.07, 6.45) is 2.81. The summed E-state index contributed by atoms with van der Waals surface area (Å²) >= 11 is 0. The molecule has 132 valence electrons. The van der Waals surface area contributed by atoms with Gasteiger partial charge in [-0.2, -0.15) is 0 Å². The number of aliphatic hydroxyl groups excluding tert-OH is 1. The second-order valence-corrected chi connectivity index (χ2v) is 6.92. The van der Waals surface area contributed by atoms with Crippen LogP contribution in [0.5, 0.6) is 0 Å². The number of hydrogen-bond acceptors (Lipinski definition) is 3. The van der Waals surface area contributed by atoms with Gasteiger partial charge in [-0.25, -0.2) is 4.39 Å². The number of aliphatic hydroxyl groups is 1. The average Bonchev–Trinajstić information content (AvgIpc) is 3.28. The van der Waals surface area contributed by atoms with Crippen molar-refractivity contribution in [1.82, 2.24) is 4.98 Å². The molecule has 0 spiro atoms. The van der Waals surface area contributed by atoms with Crippen LogP contribution in [0.3, 0.4) is 0 Å². The van der Waals surface area contributed by atoms with Gasteiger partial charge in [0, 0.05) is 52.7 Å². The molecule has 26 heavy (non-hydrogen) atoms. The highest BCUT2D eigenvalue weighted by atomic mass is 19.1. The minimum absolute atomic E-state index is 0.208. The molecule has 0 unspecified atom stereocenters. The zero-order valence-electron chi connectivity index (χ0n) is 14.1. The Bertz CT molecular complexity index is 1020. The minimum Gasteiger partial charge on any atom is -0.393 e. The summed E-state index contributed by atoms with van der Waals surface area (Å²) < 4.78 is 14.8. The van der Waals surface area contributed by atoms with E-state index in [1.54, 1.807) is 6.07 Å². The van der Waals surface area contributed by atoms with E-state index >= 15 is 0 Å². The Morgan fingerprint density at radius 3 is 2.69 bits per heavy atom. The molecule has 0 bridgehead atoms. The number of anilines is 2. The van der Waals surface area contributed by atoms with Crippen molar-refractivity contribution in [2.45, 2.75) is 18.9 Å². The van der Waals surface area contributed by atoms with Gasteiger partial charge in [0.15, 0.2) is 0 Å². The maximum atomic E-state index is 14.8. The number of carbonyl (C=O) groups is 1. The van der Waals surface area contributed by atoms with E-state index in [4.69, 9.17) is 0 Å². The summed E-state index contributed by atoms with van der Waals surface area (Å²) in [7, 11) is 0. The molecular weight excluding hydrogens is 333 g/mol. The van der Waals surface area contributed by atoms with E-state index < -0.39 is 0 Å². The lowest BCUT2D eigenvalue weighted by molar-refractivity contribution is 0.103. The summed E-state index contributed by atoms with van der Waals surface area (Å²) in [6, 6.07) is 8.71. The Labute approximate surface area is 149 Å². The van der Waals surface area contributed by atoms with E-state index in [1.807, 2.05) is 24.4 Å². The quantitative estimate of drug-likeness (QED) is 0.662. The molecule has 3 N–H and O–H groups in total. The van der Waals surface area contributed by atoms with Crippen LogP contribution in [0.15, 0.2) is 36.5 Å². The van der Waals surface area contributed by atoms with Crippen molar-refractivity contribution in [3.8, 4) is 11.3 Å². The van der Waals surface area contributed by atoms with Crippen molar-refractivity contribution < 1.29 is 14.3 Å². The normalized spacial score (nSPS) is 17.2. The van der Waals surface area contributed by atoms with E-state index in [9.17, 15) is 14.3 Å². The van der Waals surface area contributed by atoms with Crippen LogP contribution in [0.1, 0.15) is 23.2 Å². The Morgan fingerprint density at radius 2 is 1.96 bits per heavy atom. The topological polar surface area (TPSA) is 68.4 Å². The molecule has 3 heterocycles. The van der Waals surface area contributed by atoms with Gasteiger partial charge in [-0.05, 0) is 43.2 Å². The Morgan fingerprint density at radius 1 is 1.15 bits per heavy atom. The highest BCUT2D eigenvalue weighted by Gasteiger charge is 2.31. The number of rotatable bonds is 2. The third-order valence-corrected chi connectivity index (χ3v) is 5.38. The minimum atomic E-state index is -0.333. The number of nitrogens with zero attached hydrogens (tertiary/aromatic N) is 1. The first kappa shape index (κ1) is 15.4. The first-order chi connectivity index (χ1) is 12.6. The number of aromatic nitrogens is 1. The van der Waals surface area contributed by atoms with Crippen molar-refractivity contribution in [3.05, 3.63) is 47.9 Å². The fourth-order valence-corrected chi connectivity index (χ4v) is 4.09. The maximum Gasteiger partial charge on any atom is 0.257 e. The largest absolute Gasteiger partial charge is 0.393 e. The Hall–Kier alpha value is -2.86. The molecule has 2 aliphatic heterocycles. The fourth-order valence-electron chi connectivity index (χ4n) is 4.09. The number of carbonyl (C=O) groups excluding carboxylic acids is 1. The van der Waals surface area contributed by atoms with Crippen LogP contribution in [0.25, 0.3) is 22.0 Å². The van der Waals surface area contributed by atoms with Gasteiger partial charge in [-0.15, -0.1) is 0 Å². The summed E-state index contributed by atoms with van der Waals surface area (Å²) in [6.45, 7) is 1.32. The number of amides is 1. The predicted octanol–water partition coefficient (Wildman–Crippen LogP) is 3.50. The zero-order valence-corrected chi connectivity index (χ0v) is 14.1. The van der Waals surface area contributed by atoms with Crippen LogP contribution in [0.4, 0.5) is 15.8 Å². The molecule has 1 saturated heterocycles. The molecule has 5 rings (SSSR count). The molecule has 0 saturated carbocycles. The number of piperidine rings is 1. The monoisotopic (exact) mass is 351 g/mol. The summed E-state index contributed by atoms with van der Waals surface area (Å²) in [5.74, 6) is -0.540. The van der Waals surface area contributed by atoms with Gasteiger partial charge in [0.05, 0.1) is 11.7 Å². The van der Waals surface area contributed by atoms with Crippen LogP contribution in [0, 0.1) is 5.82 Å². The second kappa shape index (κ2) is 5.57. The molecule has 6 heteroatoms. The van der Waals surface area contributed by atoms with E-state index in [-0.39, 0.29) is 17.8 Å². The number of halogens is 1. The van der Waals surface area contributed by atoms with Gasteiger partial charge < -0.3 is 20.3 Å². The van der Waals surface area contributed by atoms with Gasteiger partial charge >= 0.3 is 0 Å². The number of aromatic amines is 1. The van der Waals surface area contributed by atoms with Crippen molar-refractivity contribution in [1.29, 1.82) is 0 Å². The van der Waals surface area contributed by atoms with E-state index in [0.717, 1.165) is 16.9 Å². The molecule has 1 fully saturated rings. The maximum absolute atomic E-state index is 14.8. The molecule has 2 aromatic carbocycles. The third kappa shape index (κ3) is 2.15. The number of nitrogens with one attached hydrogen (secondary N) is 2. The van der Waals surface area contributed by atoms with Crippen molar-refractivity contribution in [2.24, 2.45) is 0 Å². The Kier molecular flexibility index (Phi) is 3.30. The lowest BCUT2D eigenvalue weighted by Crippen LogP contribution is -2.36. The van der Waals surface area contributed by atoms with Gasteiger partial charge in [-0.1, -0.05) is 0 Å². The highest BCUT2D eigenvalue weighted by Crippen LogP contribution is 2.45. The van der Waals surface area contributed by atoms with Crippen molar-refractivity contribution in [3.63, 3.8) is 0 Å². The number of H-pyrrole nitrogens is 1. The molecule has 2 aliphatic rings. The molecular formula is C20H18FN3O2. The molecule has 1 aromatic heterocycles. The highest BCUT2D eigenvalue weighted by molar-refractivity contribution is 6.28. The van der Waals surface area contributed by atoms with Crippen LogP contribution >= 0.6 is 0 Å². The van der Waals surface area contributed by atoms with Crippen LogP contribution < -0.4 is 10.2 Å². The SMILES string of the molecule is O=C1Nc2ccc(F)c3c(N4CCC(O)CC4)cc(-c4ccc[nH]4)c1c23. The molecule has 0 aliphatic carbocycles. The molecule has 0 radical (unpaired) electrons. The average molecular weight is 351 g/mol. The van der Waals surface area contributed by atoms with E-state index in [1.165, 1.54) is 6.07 Å². The third-order valence-electron chi connectivity index (χ3n) is 5.38. The van der Waals surface area contributed by atoms with Crippen LogP contribution in [0.2, 0.25) is 0 Å². The molecule has 5 nitrogen and oxygen atoms in total. The first-order valence-corrected chi connectivity index (χ1v) is 8.81. The first-order valence-electron chi connectivity index (χ1n) is 8.81. The van der Waals surface area contributed by atoms with Crippen molar-refractivity contribution in [2.75, 3.05) is 23.3 Å². The van der Waals surface area contributed by atoms with E-state index in [0.29, 0.717) is 48.0 Å². The zero-order chi connectivity index (χ0) is 17.8. The standard InChI is InChI=1S/C20H18FN3O2/c21-13-3-4-15-19-17(20(26)23-15)12(14-2-1-7-22-14)10-16(18(13)19)24-8-5-11(25)6-9-24/h1-4,7,10-11,22,25H,5-6,8-9H2,(H,23,26). The van der Waals surface area contributed by atoms with Gasteiger partial charge in [-0.3, -0.25) is 4.79 Å². The molecule has 3 aromatic rings. The predicted molar refractivity (Wildman–Crippen MR) is 99.1 cm³/mol. The number of benzene rings is 2. The number of hydrogen-bond donors (Lipinski definition) is 3. The van der Waals surface area contributed by atoms with Crippen molar-refractivity contribution >= 4 is 28.1 Å². The van der Waals surface area contributed by atoms with Crippen LogP contribution in [-0.2, 0) is 0 Å². The molecule has 1 amide bonds. The lowest BCUT2D eigenvalue weighted by atomic mass is 9.94. The van der Waals surface area contributed by atoms with Gasteiger partial charge in [0.1, 0.15) is 5.82 Å². The van der Waals surface area contributed by atoms with Gasteiger partial charge in [0.2, 0.25) is 0 Å². The summed E-state index contributed by atoms with van der Waals surface area (Å²) in [5, 5.41) is 13.8.